The third-order valence-corrected chi connectivity index (χ3v) is 7.16. The first kappa shape index (κ1) is 19.2. The first-order chi connectivity index (χ1) is 13.5. The molecule has 0 amide bonds. The van der Waals surface area contributed by atoms with E-state index in [2.05, 4.69) is 21.5 Å². The molecule has 8 heteroatoms. The maximum atomic E-state index is 12.7. The third-order valence-electron chi connectivity index (χ3n) is 4.68. The lowest BCUT2D eigenvalue weighted by atomic mass is 10.1. The van der Waals surface area contributed by atoms with Crippen molar-refractivity contribution in [1.82, 2.24) is 4.98 Å². The van der Waals surface area contributed by atoms with Gasteiger partial charge >= 0.3 is 0 Å². The highest BCUT2D eigenvalue weighted by Gasteiger charge is 2.17. The van der Waals surface area contributed by atoms with E-state index in [1.807, 2.05) is 24.3 Å². The Morgan fingerprint density at radius 3 is 2.61 bits per heavy atom. The molecule has 1 aromatic heterocycles. The van der Waals surface area contributed by atoms with Crippen LogP contribution >= 0.6 is 11.3 Å². The minimum atomic E-state index is -3.62. The number of morpholine rings is 1. The molecule has 0 radical (unpaired) electrons. The largest absolute Gasteiger partial charge is 0.378 e. The van der Waals surface area contributed by atoms with E-state index in [1.165, 1.54) is 0 Å². The Hall–Kier alpha value is -2.16. The molecule has 0 spiro atoms. The number of sulfonamides is 1. The topological polar surface area (TPSA) is 71.5 Å². The lowest BCUT2D eigenvalue weighted by Gasteiger charge is -2.25. The Kier molecular flexibility index (Phi) is 5.52. The number of hydrogen-bond donors (Lipinski definition) is 1. The van der Waals surface area contributed by atoms with Gasteiger partial charge in [-0.2, -0.15) is 0 Å². The fraction of sp³-hybridized carbons (Fsp3) is 0.350. The summed E-state index contributed by atoms with van der Waals surface area (Å²) in [5, 5.41) is 0.949. The van der Waals surface area contributed by atoms with Gasteiger partial charge in [-0.25, -0.2) is 13.4 Å². The number of benzene rings is 2. The van der Waals surface area contributed by atoms with Crippen molar-refractivity contribution in [2.45, 2.75) is 24.7 Å². The fourth-order valence-corrected chi connectivity index (χ4v) is 5.31. The van der Waals surface area contributed by atoms with E-state index in [0.29, 0.717) is 18.9 Å². The monoisotopic (exact) mass is 417 g/mol. The van der Waals surface area contributed by atoms with E-state index in [9.17, 15) is 8.42 Å². The van der Waals surface area contributed by atoms with Gasteiger partial charge in [0.05, 0.1) is 34.0 Å². The first-order valence-corrected chi connectivity index (χ1v) is 11.7. The van der Waals surface area contributed by atoms with Crippen molar-refractivity contribution in [1.29, 1.82) is 0 Å². The lowest BCUT2D eigenvalue weighted by molar-refractivity contribution is 0.122. The number of rotatable bonds is 6. The highest BCUT2D eigenvalue weighted by molar-refractivity contribution is 7.92. The van der Waals surface area contributed by atoms with Crippen LogP contribution in [0.15, 0.2) is 47.4 Å². The van der Waals surface area contributed by atoms with Crippen LogP contribution in [0, 0.1) is 0 Å². The molecule has 1 aliphatic heterocycles. The molecular formula is C20H23N3O3S2. The predicted octanol–water partition coefficient (Wildman–Crippen LogP) is 3.89. The van der Waals surface area contributed by atoms with Gasteiger partial charge in [0, 0.05) is 13.1 Å². The van der Waals surface area contributed by atoms with Gasteiger partial charge in [-0.05, 0) is 42.3 Å². The normalized spacial score (nSPS) is 15.1. The minimum absolute atomic E-state index is 0.269. The van der Waals surface area contributed by atoms with E-state index in [1.54, 1.807) is 29.5 Å². The van der Waals surface area contributed by atoms with Crippen molar-refractivity contribution in [2.24, 2.45) is 0 Å². The van der Waals surface area contributed by atoms with Crippen molar-refractivity contribution >= 4 is 42.4 Å². The number of ether oxygens (including phenoxy) is 1. The Morgan fingerprint density at radius 1 is 1.14 bits per heavy atom. The second-order valence-corrected chi connectivity index (χ2v) is 9.47. The van der Waals surface area contributed by atoms with E-state index < -0.39 is 10.0 Å². The Labute approximate surface area is 169 Å². The van der Waals surface area contributed by atoms with Crippen molar-refractivity contribution in [3.63, 3.8) is 0 Å². The van der Waals surface area contributed by atoms with Crippen LogP contribution in [0.4, 0.5) is 10.8 Å². The van der Waals surface area contributed by atoms with Crippen LogP contribution in [0.3, 0.4) is 0 Å². The van der Waals surface area contributed by atoms with E-state index in [0.717, 1.165) is 46.8 Å². The summed E-state index contributed by atoms with van der Waals surface area (Å²) in [7, 11) is -3.62. The molecule has 0 bridgehead atoms. The van der Waals surface area contributed by atoms with Crippen LogP contribution in [0.5, 0.6) is 0 Å². The number of fused-ring (bicyclic) bond motifs is 1. The number of nitrogens with one attached hydrogen (secondary N) is 1. The van der Waals surface area contributed by atoms with Crippen molar-refractivity contribution < 1.29 is 13.2 Å². The van der Waals surface area contributed by atoms with Gasteiger partial charge in [-0.3, -0.25) is 4.72 Å². The van der Waals surface area contributed by atoms with Crippen molar-refractivity contribution in [3.05, 3.63) is 48.0 Å². The molecule has 2 heterocycles. The molecule has 2 aromatic carbocycles. The molecular weight excluding hydrogens is 394 g/mol. The second-order valence-electron chi connectivity index (χ2n) is 6.78. The molecule has 28 heavy (non-hydrogen) atoms. The van der Waals surface area contributed by atoms with E-state index in [-0.39, 0.29) is 4.90 Å². The lowest BCUT2D eigenvalue weighted by Crippen LogP contribution is -2.36. The quantitative estimate of drug-likeness (QED) is 0.659. The molecule has 1 N–H and O–H groups in total. The summed E-state index contributed by atoms with van der Waals surface area (Å²) < 4.78 is 34.5. The molecule has 0 unspecified atom stereocenters. The summed E-state index contributed by atoms with van der Waals surface area (Å²) in [4.78, 5) is 7.14. The molecule has 0 saturated carbocycles. The van der Waals surface area contributed by atoms with Gasteiger partial charge in [0.25, 0.3) is 10.0 Å². The van der Waals surface area contributed by atoms with E-state index in [4.69, 9.17) is 4.74 Å². The summed E-state index contributed by atoms with van der Waals surface area (Å²) in [5.74, 6) is 0. The van der Waals surface area contributed by atoms with Crippen LogP contribution < -0.4 is 9.62 Å². The minimum Gasteiger partial charge on any atom is -0.378 e. The van der Waals surface area contributed by atoms with E-state index >= 15 is 0 Å². The van der Waals surface area contributed by atoms with Crippen LogP contribution in [0.2, 0.25) is 0 Å². The third kappa shape index (κ3) is 4.14. The van der Waals surface area contributed by atoms with Gasteiger partial charge in [-0.1, -0.05) is 36.8 Å². The van der Waals surface area contributed by atoms with Crippen molar-refractivity contribution in [2.75, 3.05) is 35.9 Å². The molecule has 4 rings (SSSR count). The smallest absolute Gasteiger partial charge is 0.261 e. The maximum Gasteiger partial charge on any atom is 0.261 e. The number of aromatic nitrogens is 1. The summed E-state index contributed by atoms with van der Waals surface area (Å²) in [6.07, 6.45) is 1.98. The van der Waals surface area contributed by atoms with Gasteiger partial charge in [0.2, 0.25) is 0 Å². The maximum absolute atomic E-state index is 12.7. The van der Waals surface area contributed by atoms with Gasteiger partial charge < -0.3 is 9.64 Å². The molecule has 148 valence electrons. The molecule has 1 fully saturated rings. The number of thiazole rings is 1. The predicted molar refractivity (Wildman–Crippen MR) is 114 cm³/mol. The van der Waals surface area contributed by atoms with Crippen LogP contribution in [-0.2, 0) is 21.2 Å². The second kappa shape index (κ2) is 8.06. The molecule has 3 aromatic rings. The van der Waals surface area contributed by atoms with Crippen LogP contribution in [-0.4, -0.2) is 39.7 Å². The molecule has 1 saturated heterocycles. The van der Waals surface area contributed by atoms with Crippen LogP contribution in [0.1, 0.15) is 18.9 Å². The Balaban J connectivity index is 1.54. The van der Waals surface area contributed by atoms with Crippen LogP contribution in [0.25, 0.3) is 10.2 Å². The van der Waals surface area contributed by atoms with Gasteiger partial charge in [0.1, 0.15) is 0 Å². The zero-order chi connectivity index (χ0) is 19.6. The van der Waals surface area contributed by atoms with Gasteiger partial charge in [-0.15, -0.1) is 0 Å². The average Bonchev–Trinajstić information content (AvgIpc) is 3.12. The highest BCUT2D eigenvalue weighted by atomic mass is 32.2. The number of hydrogen-bond acceptors (Lipinski definition) is 6. The Morgan fingerprint density at radius 2 is 1.89 bits per heavy atom. The summed E-state index contributed by atoms with van der Waals surface area (Å²) in [5.41, 5.74) is 2.56. The standard InChI is InChI=1S/C20H23N3O3S2/c1-2-3-15-4-7-17(8-5-15)28(24,25)22-16-6-9-18-19(14-16)27-20(21-18)23-10-12-26-13-11-23/h4-9,14,22H,2-3,10-13H2,1H3. The number of anilines is 2. The molecule has 0 atom stereocenters. The highest BCUT2D eigenvalue weighted by Crippen LogP contribution is 2.31. The SMILES string of the molecule is CCCc1ccc(S(=O)(=O)Nc2ccc3nc(N4CCOCC4)sc3c2)cc1. The number of aryl methyl sites for hydroxylation is 1. The first-order valence-electron chi connectivity index (χ1n) is 9.40. The molecule has 6 nitrogen and oxygen atoms in total. The van der Waals surface area contributed by atoms with Crippen molar-refractivity contribution in [3.8, 4) is 0 Å². The molecule has 0 aliphatic carbocycles. The van der Waals surface area contributed by atoms with Gasteiger partial charge in [0.15, 0.2) is 5.13 Å². The zero-order valence-electron chi connectivity index (χ0n) is 15.7. The summed E-state index contributed by atoms with van der Waals surface area (Å²) in [6, 6.07) is 12.5. The zero-order valence-corrected chi connectivity index (χ0v) is 17.4. The summed E-state index contributed by atoms with van der Waals surface area (Å²) in [6.45, 7) is 5.17. The Bertz CT molecular complexity index is 1060. The fourth-order valence-electron chi connectivity index (χ4n) is 3.20. The molecule has 1 aliphatic rings. The average molecular weight is 418 g/mol. The summed E-state index contributed by atoms with van der Waals surface area (Å²) >= 11 is 1.57. The number of nitrogens with zero attached hydrogens (tertiary/aromatic N) is 2.